The van der Waals surface area contributed by atoms with E-state index in [9.17, 15) is 14.0 Å². The Bertz CT molecular complexity index is 803. The van der Waals surface area contributed by atoms with Crippen molar-refractivity contribution < 1.29 is 23.0 Å². The number of nitrogens with zero attached hydrogens (tertiary/aromatic N) is 3. The van der Waals surface area contributed by atoms with Crippen molar-refractivity contribution in [3.05, 3.63) is 36.7 Å². The minimum Gasteiger partial charge on any atom is -0.395 e. The minimum absolute atomic E-state index is 0.0882. The molecule has 3 heterocycles. The third-order valence-corrected chi connectivity index (χ3v) is 7.12. The molecule has 9 heteroatoms. The Morgan fingerprint density at radius 1 is 1.33 bits per heavy atom. The summed E-state index contributed by atoms with van der Waals surface area (Å²) < 4.78 is 43.6. The second-order valence-electron chi connectivity index (χ2n) is 5.32. The molecule has 2 aromatic rings. The normalized spacial score (nSPS) is 25.0. The maximum absolute atomic E-state index is 13.6. The summed E-state index contributed by atoms with van der Waals surface area (Å²) >= 11 is 0. The van der Waals surface area contributed by atoms with Gasteiger partial charge in [-0.1, -0.05) is 6.07 Å². The summed E-state index contributed by atoms with van der Waals surface area (Å²) in [5.74, 6) is -0.208. The Morgan fingerprint density at radius 2 is 2.21 bits per heavy atom. The van der Waals surface area contributed by atoms with Gasteiger partial charge in [0.15, 0.2) is 11.5 Å². The number of hydrogen-bond donors (Lipinski definition) is 0. The molecule has 0 bridgehead atoms. The van der Waals surface area contributed by atoms with Crippen LogP contribution in [0.2, 0.25) is 0 Å². The van der Waals surface area contributed by atoms with Crippen LogP contribution in [0, 0.1) is 10.7 Å². The molecule has 6 nitrogen and oxygen atoms in total. The van der Waals surface area contributed by atoms with Gasteiger partial charge in [-0.2, -0.15) is 10.4 Å². The number of fused-ring (bicyclic) bond motifs is 1. The Kier molecular flexibility index (Phi) is 3.40. The number of benzene rings is 1. The molecule has 126 valence electrons. The van der Waals surface area contributed by atoms with E-state index < -0.39 is 21.9 Å². The SMILES string of the molecule is N#CS(c1cccc2c1OC(F)(F)O2)(C1CCCO1)n1cccn1. The number of aromatic nitrogens is 2. The van der Waals surface area contributed by atoms with E-state index in [4.69, 9.17) is 9.47 Å². The summed E-state index contributed by atoms with van der Waals surface area (Å²) in [7, 11) is -2.55. The lowest BCUT2D eigenvalue weighted by molar-refractivity contribution is -0.287. The van der Waals surface area contributed by atoms with Gasteiger partial charge >= 0.3 is 6.29 Å². The van der Waals surface area contributed by atoms with Gasteiger partial charge in [0, 0.05) is 29.2 Å². The van der Waals surface area contributed by atoms with E-state index in [1.165, 1.54) is 10.2 Å². The highest BCUT2D eigenvalue weighted by Crippen LogP contribution is 2.66. The highest BCUT2D eigenvalue weighted by molar-refractivity contribution is 8.36. The third-order valence-electron chi connectivity index (χ3n) is 3.91. The van der Waals surface area contributed by atoms with Crippen LogP contribution in [0.3, 0.4) is 0 Å². The Balaban J connectivity index is 1.94. The fraction of sp³-hybridized carbons (Fsp3) is 0.333. The Labute approximate surface area is 138 Å². The Hall–Kier alpha value is -2.31. The third kappa shape index (κ3) is 2.14. The van der Waals surface area contributed by atoms with Gasteiger partial charge in [0.2, 0.25) is 0 Å². The molecule has 2 aliphatic heterocycles. The molecule has 1 fully saturated rings. The molecule has 0 N–H and O–H groups in total. The smallest absolute Gasteiger partial charge is 0.395 e. The van der Waals surface area contributed by atoms with Gasteiger partial charge in [-0.15, -0.1) is 8.78 Å². The number of para-hydroxylation sites is 1. The van der Waals surface area contributed by atoms with Gasteiger partial charge in [0.25, 0.3) is 0 Å². The minimum atomic E-state index is -3.75. The maximum atomic E-state index is 13.6. The van der Waals surface area contributed by atoms with E-state index >= 15 is 0 Å². The van der Waals surface area contributed by atoms with Crippen molar-refractivity contribution in [2.24, 2.45) is 0 Å². The first kappa shape index (κ1) is 15.2. The van der Waals surface area contributed by atoms with E-state index in [0.717, 1.165) is 6.42 Å². The van der Waals surface area contributed by atoms with Crippen molar-refractivity contribution in [3.8, 4) is 16.9 Å². The molecule has 1 aromatic heterocycles. The Morgan fingerprint density at radius 3 is 2.88 bits per heavy atom. The molecular formula is C15H13F2N3O3S. The molecule has 0 amide bonds. The van der Waals surface area contributed by atoms with Crippen molar-refractivity contribution >= 4 is 10.2 Å². The van der Waals surface area contributed by atoms with Crippen molar-refractivity contribution in [2.75, 3.05) is 6.61 Å². The van der Waals surface area contributed by atoms with Gasteiger partial charge in [-0.25, -0.2) is 4.09 Å². The lowest BCUT2D eigenvalue weighted by Gasteiger charge is -2.37. The summed E-state index contributed by atoms with van der Waals surface area (Å²) in [6.45, 7) is 0.519. The largest absolute Gasteiger partial charge is 0.586 e. The molecular weight excluding hydrogens is 340 g/mol. The van der Waals surface area contributed by atoms with Gasteiger partial charge in [0.1, 0.15) is 10.8 Å². The molecule has 2 unspecified atom stereocenters. The van der Waals surface area contributed by atoms with Gasteiger partial charge in [-0.05, 0) is 31.0 Å². The zero-order valence-electron chi connectivity index (χ0n) is 12.4. The highest BCUT2D eigenvalue weighted by Gasteiger charge is 2.50. The first-order chi connectivity index (χ1) is 11.6. The number of ether oxygens (including phenoxy) is 3. The lowest BCUT2D eigenvalue weighted by atomic mass is 10.3. The van der Waals surface area contributed by atoms with Crippen LogP contribution in [0.1, 0.15) is 12.8 Å². The van der Waals surface area contributed by atoms with Gasteiger partial charge in [-0.3, -0.25) is 0 Å². The monoisotopic (exact) mass is 353 g/mol. The van der Waals surface area contributed by atoms with Crippen LogP contribution in [0.5, 0.6) is 11.5 Å². The number of hydrogen-bond acceptors (Lipinski definition) is 5. The summed E-state index contributed by atoms with van der Waals surface area (Å²) in [5.41, 5.74) is -0.452. The van der Waals surface area contributed by atoms with Gasteiger partial charge in [0.05, 0.1) is 4.90 Å². The summed E-state index contributed by atoms with van der Waals surface area (Å²) in [5, 5.41) is 16.6. The number of halogens is 2. The number of nitriles is 1. The second-order valence-corrected chi connectivity index (χ2v) is 8.09. The number of alkyl halides is 2. The van der Waals surface area contributed by atoms with Crippen molar-refractivity contribution in [1.82, 2.24) is 9.19 Å². The average Bonchev–Trinajstić information content (AvgIpc) is 3.28. The van der Waals surface area contributed by atoms with Crippen LogP contribution >= 0.6 is 10.2 Å². The van der Waals surface area contributed by atoms with Crippen molar-refractivity contribution in [2.45, 2.75) is 29.5 Å². The van der Waals surface area contributed by atoms with Crippen LogP contribution in [-0.2, 0) is 4.74 Å². The molecule has 4 rings (SSSR count). The van der Waals surface area contributed by atoms with Crippen molar-refractivity contribution in [3.63, 3.8) is 0 Å². The molecule has 2 atom stereocenters. The molecule has 0 spiro atoms. The zero-order valence-corrected chi connectivity index (χ0v) is 13.2. The van der Waals surface area contributed by atoms with Crippen LogP contribution in [0.4, 0.5) is 8.78 Å². The lowest BCUT2D eigenvalue weighted by Crippen LogP contribution is -2.27. The molecule has 24 heavy (non-hydrogen) atoms. The van der Waals surface area contributed by atoms with E-state index in [0.29, 0.717) is 17.9 Å². The van der Waals surface area contributed by atoms with Crippen molar-refractivity contribution in [1.29, 1.82) is 5.26 Å². The predicted molar refractivity (Wildman–Crippen MR) is 80.7 cm³/mol. The maximum Gasteiger partial charge on any atom is 0.586 e. The zero-order chi connectivity index (χ0) is 16.8. The summed E-state index contributed by atoms with van der Waals surface area (Å²) in [6, 6.07) is 6.24. The number of thiocyanates is 1. The molecule has 0 radical (unpaired) electrons. The molecule has 1 aromatic carbocycles. The molecule has 0 aliphatic carbocycles. The van der Waals surface area contributed by atoms with Crippen LogP contribution in [0.15, 0.2) is 41.6 Å². The average molecular weight is 353 g/mol. The topological polar surface area (TPSA) is 69.3 Å². The summed E-state index contributed by atoms with van der Waals surface area (Å²) in [4.78, 5) is 0.329. The molecule has 0 saturated carbocycles. The fourth-order valence-electron chi connectivity index (χ4n) is 2.94. The van der Waals surface area contributed by atoms with E-state index in [-0.39, 0.29) is 11.5 Å². The van der Waals surface area contributed by atoms with Crippen LogP contribution < -0.4 is 9.47 Å². The van der Waals surface area contributed by atoms with Crippen LogP contribution in [0.25, 0.3) is 0 Å². The van der Waals surface area contributed by atoms with E-state index in [2.05, 4.69) is 15.2 Å². The summed E-state index contributed by atoms with van der Waals surface area (Å²) in [6.07, 6.45) is 0.880. The predicted octanol–water partition coefficient (Wildman–Crippen LogP) is 3.45. The number of rotatable bonds is 3. The molecule has 1 saturated heterocycles. The molecule has 2 aliphatic rings. The van der Waals surface area contributed by atoms with Gasteiger partial charge < -0.3 is 14.2 Å². The fourth-order valence-corrected chi connectivity index (χ4v) is 5.95. The first-order valence-corrected chi connectivity index (χ1v) is 8.96. The van der Waals surface area contributed by atoms with E-state index in [1.807, 2.05) is 0 Å². The highest BCUT2D eigenvalue weighted by atomic mass is 32.3. The second kappa shape index (κ2) is 5.36. The van der Waals surface area contributed by atoms with E-state index in [1.54, 1.807) is 30.6 Å². The quantitative estimate of drug-likeness (QED) is 0.791. The first-order valence-electron chi connectivity index (χ1n) is 7.30. The van der Waals surface area contributed by atoms with Crippen LogP contribution in [-0.4, -0.2) is 27.5 Å². The standard InChI is InChI=1S/C15H13F2N3O3S/c16-15(17)22-11-4-1-5-12(14(11)23-15)24(10-18,13-6-2-9-21-13)20-8-3-7-19-20/h1,3-5,7-8,13H,2,6,9H2.